The lowest BCUT2D eigenvalue weighted by atomic mass is 9.79. The van der Waals surface area contributed by atoms with Gasteiger partial charge in [0, 0.05) is 12.6 Å². The van der Waals surface area contributed by atoms with Gasteiger partial charge in [0.25, 0.3) is 0 Å². The molecule has 1 aliphatic rings. The Kier molecular flexibility index (Phi) is 7.14. The first kappa shape index (κ1) is 15.0. The molecule has 102 valence electrons. The summed E-state index contributed by atoms with van der Waals surface area (Å²) in [5, 5.41) is 12.8. The van der Waals surface area contributed by atoms with E-state index in [-0.39, 0.29) is 0 Å². The highest BCUT2D eigenvalue weighted by Gasteiger charge is 2.24. The van der Waals surface area contributed by atoms with Gasteiger partial charge in [-0.15, -0.1) is 0 Å². The number of aliphatic hydroxyl groups is 1. The highest BCUT2D eigenvalue weighted by atomic mass is 16.3. The second kappa shape index (κ2) is 8.10. The van der Waals surface area contributed by atoms with Crippen molar-refractivity contribution in [1.29, 1.82) is 0 Å². The smallest absolute Gasteiger partial charge is 0.0434 e. The lowest BCUT2D eigenvalue weighted by Crippen LogP contribution is -2.38. The maximum Gasteiger partial charge on any atom is 0.0434 e. The zero-order chi connectivity index (χ0) is 12.7. The molecule has 1 fully saturated rings. The first-order valence-corrected chi connectivity index (χ1v) is 7.51. The molecule has 1 rings (SSSR count). The quantitative estimate of drug-likeness (QED) is 0.717. The molecule has 2 nitrogen and oxygen atoms in total. The van der Waals surface area contributed by atoms with Gasteiger partial charge in [0.15, 0.2) is 0 Å². The topological polar surface area (TPSA) is 32.3 Å². The SMILES string of the molecule is CCCC(CCO)CNC1CCC(C)C(C)C1. The second-order valence-corrected chi connectivity index (χ2v) is 6.04. The van der Waals surface area contributed by atoms with Gasteiger partial charge >= 0.3 is 0 Å². The summed E-state index contributed by atoms with van der Waals surface area (Å²) < 4.78 is 0. The van der Waals surface area contributed by atoms with Crippen LogP contribution in [0, 0.1) is 17.8 Å². The molecule has 0 amide bonds. The van der Waals surface area contributed by atoms with E-state index in [4.69, 9.17) is 5.11 Å². The molecule has 0 saturated heterocycles. The predicted molar refractivity (Wildman–Crippen MR) is 74.1 cm³/mol. The summed E-state index contributed by atoms with van der Waals surface area (Å²) in [5.74, 6) is 2.43. The zero-order valence-corrected chi connectivity index (χ0v) is 11.9. The van der Waals surface area contributed by atoms with E-state index in [1.165, 1.54) is 32.1 Å². The standard InChI is InChI=1S/C15H31NO/c1-4-5-14(8-9-17)11-16-15-7-6-12(2)13(3)10-15/h12-17H,4-11H2,1-3H3. The molecule has 2 N–H and O–H groups in total. The third-order valence-electron chi connectivity index (χ3n) is 4.53. The highest BCUT2D eigenvalue weighted by Crippen LogP contribution is 2.29. The predicted octanol–water partition coefficient (Wildman–Crippen LogP) is 3.20. The van der Waals surface area contributed by atoms with Crippen LogP contribution in [-0.4, -0.2) is 24.3 Å². The summed E-state index contributed by atoms with van der Waals surface area (Å²) >= 11 is 0. The van der Waals surface area contributed by atoms with Gasteiger partial charge in [-0.1, -0.05) is 27.2 Å². The molecule has 0 aliphatic heterocycles. The first-order chi connectivity index (χ1) is 8.17. The van der Waals surface area contributed by atoms with Crippen LogP contribution in [0.5, 0.6) is 0 Å². The summed E-state index contributed by atoms with van der Waals surface area (Å²) in [6.07, 6.45) is 7.47. The Morgan fingerprint density at radius 3 is 2.53 bits per heavy atom. The van der Waals surface area contributed by atoms with Crippen LogP contribution >= 0.6 is 0 Å². The van der Waals surface area contributed by atoms with Gasteiger partial charge in [0.2, 0.25) is 0 Å². The summed E-state index contributed by atoms with van der Waals surface area (Å²) in [4.78, 5) is 0. The van der Waals surface area contributed by atoms with Crippen molar-refractivity contribution in [2.45, 2.75) is 65.3 Å². The van der Waals surface area contributed by atoms with Crippen LogP contribution < -0.4 is 5.32 Å². The third kappa shape index (κ3) is 5.39. The maximum absolute atomic E-state index is 9.05. The minimum absolute atomic E-state index is 0.338. The summed E-state index contributed by atoms with van der Waals surface area (Å²) in [7, 11) is 0. The number of aliphatic hydroxyl groups excluding tert-OH is 1. The Balaban J connectivity index is 2.24. The highest BCUT2D eigenvalue weighted by molar-refractivity contribution is 4.80. The molecule has 1 saturated carbocycles. The largest absolute Gasteiger partial charge is 0.396 e. The molecule has 0 radical (unpaired) electrons. The second-order valence-electron chi connectivity index (χ2n) is 6.04. The van der Waals surface area contributed by atoms with Crippen LogP contribution in [0.1, 0.15) is 59.3 Å². The Morgan fingerprint density at radius 2 is 1.94 bits per heavy atom. The van der Waals surface area contributed by atoms with Crippen LogP contribution in [0.3, 0.4) is 0 Å². The molecular formula is C15H31NO. The van der Waals surface area contributed by atoms with E-state index in [2.05, 4.69) is 26.1 Å². The Labute approximate surface area is 107 Å². The Bertz CT molecular complexity index is 189. The van der Waals surface area contributed by atoms with Crippen molar-refractivity contribution < 1.29 is 5.11 Å². The number of hydrogen-bond acceptors (Lipinski definition) is 2. The van der Waals surface area contributed by atoms with Crippen LogP contribution in [0.4, 0.5) is 0 Å². The van der Waals surface area contributed by atoms with Gasteiger partial charge in [-0.05, 0) is 56.4 Å². The van der Waals surface area contributed by atoms with Crippen molar-refractivity contribution in [3.63, 3.8) is 0 Å². The van der Waals surface area contributed by atoms with E-state index >= 15 is 0 Å². The van der Waals surface area contributed by atoms with Crippen LogP contribution in [-0.2, 0) is 0 Å². The van der Waals surface area contributed by atoms with E-state index in [1.54, 1.807) is 0 Å². The van der Waals surface area contributed by atoms with E-state index in [9.17, 15) is 0 Å². The van der Waals surface area contributed by atoms with E-state index in [0.29, 0.717) is 12.5 Å². The van der Waals surface area contributed by atoms with Gasteiger partial charge in [-0.3, -0.25) is 0 Å². The molecule has 4 atom stereocenters. The summed E-state index contributed by atoms with van der Waals surface area (Å²) in [5.41, 5.74) is 0. The summed E-state index contributed by atoms with van der Waals surface area (Å²) in [6.45, 7) is 8.43. The number of rotatable bonds is 7. The van der Waals surface area contributed by atoms with E-state index in [1.807, 2.05) is 0 Å². The van der Waals surface area contributed by atoms with E-state index in [0.717, 1.165) is 30.8 Å². The molecule has 0 aromatic rings. The molecule has 4 unspecified atom stereocenters. The molecule has 2 heteroatoms. The maximum atomic E-state index is 9.05. The van der Waals surface area contributed by atoms with Gasteiger partial charge in [0.05, 0.1) is 0 Å². The van der Waals surface area contributed by atoms with Gasteiger partial charge in [-0.25, -0.2) is 0 Å². The minimum atomic E-state index is 0.338. The minimum Gasteiger partial charge on any atom is -0.396 e. The molecule has 0 bridgehead atoms. The van der Waals surface area contributed by atoms with Crippen molar-refractivity contribution in [2.24, 2.45) is 17.8 Å². The average molecular weight is 241 g/mol. The van der Waals surface area contributed by atoms with Crippen molar-refractivity contribution in [3.8, 4) is 0 Å². The van der Waals surface area contributed by atoms with Gasteiger partial charge in [-0.2, -0.15) is 0 Å². The van der Waals surface area contributed by atoms with Gasteiger partial charge in [0.1, 0.15) is 0 Å². The molecule has 17 heavy (non-hydrogen) atoms. The molecule has 0 spiro atoms. The van der Waals surface area contributed by atoms with Crippen LogP contribution in [0.15, 0.2) is 0 Å². The monoisotopic (exact) mass is 241 g/mol. The fraction of sp³-hybridized carbons (Fsp3) is 1.00. The van der Waals surface area contributed by atoms with Gasteiger partial charge < -0.3 is 10.4 Å². The molecule has 0 heterocycles. The van der Waals surface area contributed by atoms with E-state index < -0.39 is 0 Å². The lowest BCUT2D eigenvalue weighted by molar-refractivity contribution is 0.208. The molecular weight excluding hydrogens is 210 g/mol. The lowest BCUT2D eigenvalue weighted by Gasteiger charge is -2.33. The Morgan fingerprint density at radius 1 is 1.18 bits per heavy atom. The third-order valence-corrected chi connectivity index (χ3v) is 4.53. The molecule has 1 aliphatic carbocycles. The van der Waals surface area contributed by atoms with Crippen molar-refractivity contribution >= 4 is 0 Å². The first-order valence-electron chi connectivity index (χ1n) is 7.51. The molecule has 0 aromatic heterocycles. The fourth-order valence-electron chi connectivity index (χ4n) is 3.01. The van der Waals surface area contributed by atoms with Crippen LogP contribution in [0.25, 0.3) is 0 Å². The zero-order valence-electron chi connectivity index (χ0n) is 11.9. The van der Waals surface area contributed by atoms with Crippen LogP contribution in [0.2, 0.25) is 0 Å². The molecule has 0 aromatic carbocycles. The van der Waals surface area contributed by atoms with Crippen molar-refractivity contribution in [1.82, 2.24) is 5.32 Å². The van der Waals surface area contributed by atoms with Crippen molar-refractivity contribution in [2.75, 3.05) is 13.2 Å². The summed E-state index contributed by atoms with van der Waals surface area (Å²) in [6, 6.07) is 0.722. The Hall–Kier alpha value is -0.0800. The normalized spacial score (nSPS) is 31.4. The number of hydrogen-bond donors (Lipinski definition) is 2. The fourth-order valence-corrected chi connectivity index (χ4v) is 3.01. The van der Waals surface area contributed by atoms with Crippen molar-refractivity contribution in [3.05, 3.63) is 0 Å². The number of nitrogens with one attached hydrogen (secondary N) is 1. The average Bonchev–Trinajstić information content (AvgIpc) is 2.31.